The third-order valence-corrected chi connectivity index (χ3v) is 9.16. The number of alkyl halides is 1. The van der Waals surface area contributed by atoms with E-state index in [9.17, 15) is 9.18 Å². The van der Waals surface area contributed by atoms with Gasteiger partial charge in [0.15, 0.2) is 5.78 Å². The molecule has 0 bridgehead atoms. The van der Waals surface area contributed by atoms with Crippen molar-refractivity contribution in [2.24, 2.45) is 0 Å². The zero-order valence-electron chi connectivity index (χ0n) is 26.7. The molecule has 5 rings (SSSR count). The van der Waals surface area contributed by atoms with Crippen molar-refractivity contribution >= 4 is 29.2 Å². The summed E-state index contributed by atoms with van der Waals surface area (Å²) >= 11 is 1.23. The van der Waals surface area contributed by atoms with Gasteiger partial charge in [0, 0.05) is 25.2 Å². The van der Waals surface area contributed by atoms with Crippen LogP contribution in [0.4, 0.5) is 16.0 Å². The van der Waals surface area contributed by atoms with Gasteiger partial charge in [0.25, 0.3) is 0 Å². The predicted molar refractivity (Wildman–Crippen MR) is 180 cm³/mol. The Kier molecular flexibility index (Phi) is 11.1. The maximum absolute atomic E-state index is 13.6. The predicted octanol–water partition coefficient (Wildman–Crippen LogP) is 5.06. The molecule has 2 N–H and O–H groups in total. The number of nitrogens with one attached hydrogen (secondary N) is 2. The summed E-state index contributed by atoms with van der Waals surface area (Å²) in [7, 11) is 6.24. The molecule has 0 spiro atoms. The van der Waals surface area contributed by atoms with Crippen molar-refractivity contribution in [2.45, 2.75) is 22.8 Å². The smallest absolute Gasteiger partial charge is 0.318 e. The lowest BCUT2D eigenvalue weighted by Crippen LogP contribution is -2.27. The molecule has 0 saturated carbocycles. The fourth-order valence-corrected chi connectivity index (χ4v) is 6.38. The summed E-state index contributed by atoms with van der Waals surface area (Å²) in [6.07, 6.45) is 4.96. The number of benzene rings is 2. The number of aromatic nitrogens is 4. The number of ether oxygens (including phenoxy) is 4. The summed E-state index contributed by atoms with van der Waals surface area (Å²) in [4.78, 5) is 31.0. The van der Waals surface area contributed by atoms with Crippen molar-refractivity contribution in [3.8, 4) is 23.5 Å². The first kappa shape index (κ1) is 33.5. The monoisotopic (exact) mass is 660 g/mol. The number of halogens is 1. The summed E-state index contributed by atoms with van der Waals surface area (Å²) in [6, 6.07) is 19.5. The standard InChI is InChI=1S/C34H37FN6O5S/c1-43-24-9-5-22(6-10-24)14-17-36-30-19-28(38-32(40-30)45-3)34(16-13-27(47-34)26(42)21-35)29-20-31(41-33(39-29)46-4)37-18-15-23-7-11-25(44-2)12-8-23/h5-13,16,19-20,27H,14-15,17-18,21H2,1-4H3,(H,36,38,40)(H,37,39,41). The van der Waals surface area contributed by atoms with Crippen molar-refractivity contribution in [3.63, 3.8) is 0 Å². The van der Waals surface area contributed by atoms with Crippen molar-refractivity contribution in [1.29, 1.82) is 0 Å². The van der Waals surface area contributed by atoms with Gasteiger partial charge >= 0.3 is 12.0 Å². The lowest BCUT2D eigenvalue weighted by Gasteiger charge is -2.28. The highest BCUT2D eigenvalue weighted by molar-refractivity contribution is 8.02. The zero-order valence-corrected chi connectivity index (χ0v) is 27.5. The van der Waals surface area contributed by atoms with Gasteiger partial charge in [0.05, 0.1) is 45.1 Å². The molecule has 0 saturated heterocycles. The molecule has 0 radical (unpaired) electrons. The molecule has 0 amide bonds. The van der Waals surface area contributed by atoms with Gasteiger partial charge in [-0.1, -0.05) is 36.4 Å². The Labute approximate surface area is 277 Å². The molecule has 1 unspecified atom stereocenters. The van der Waals surface area contributed by atoms with E-state index in [-0.39, 0.29) is 12.0 Å². The minimum absolute atomic E-state index is 0.127. The largest absolute Gasteiger partial charge is 0.497 e. The fourth-order valence-electron chi connectivity index (χ4n) is 5.02. The van der Waals surface area contributed by atoms with Crippen LogP contribution < -0.4 is 29.6 Å². The van der Waals surface area contributed by atoms with Gasteiger partial charge in [-0.05, 0) is 48.2 Å². The molecule has 2 aromatic carbocycles. The van der Waals surface area contributed by atoms with Gasteiger partial charge in [0.1, 0.15) is 34.6 Å². The molecular formula is C34H37FN6O5S. The van der Waals surface area contributed by atoms with Crippen LogP contribution in [0.1, 0.15) is 22.5 Å². The van der Waals surface area contributed by atoms with E-state index in [1.165, 1.54) is 26.0 Å². The zero-order chi connectivity index (χ0) is 33.2. The maximum atomic E-state index is 13.6. The molecule has 246 valence electrons. The van der Waals surface area contributed by atoms with Crippen molar-refractivity contribution in [2.75, 3.05) is 58.8 Å². The van der Waals surface area contributed by atoms with E-state index in [0.29, 0.717) is 36.1 Å². The van der Waals surface area contributed by atoms with Gasteiger partial charge in [-0.15, -0.1) is 11.8 Å². The Morgan fingerprint density at radius 1 is 0.745 bits per heavy atom. The molecule has 2 aromatic heterocycles. The van der Waals surface area contributed by atoms with Crippen LogP contribution in [0.15, 0.2) is 72.8 Å². The Bertz CT molecular complexity index is 1580. The molecule has 3 heterocycles. The average Bonchev–Trinajstić information content (AvgIpc) is 3.58. The van der Waals surface area contributed by atoms with Crippen LogP contribution >= 0.6 is 11.8 Å². The third-order valence-electron chi connectivity index (χ3n) is 7.56. The molecule has 1 atom stereocenters. The minimum Gasteiger partial charge on any atom is -0.497 e. The number of Topliss-reactive ketones (excluding diaryl/α,β-unsaturated/α-hetero) is 1. The number of methoxy groups -OCH3 is 4. The number of carbonyl (C=O) groups is 1. The quantitative estimate of drug-likeness (QED) is 0.156. The number of hydrogen-bond acceptors (Lipinski definition) is 12. The highest BCUT2D eigenvalue weighted by Crippen LogP contribution is 2.51. The Morgan fingerprint density at radius 2 is 1.21 bits per heavy atom. The van der Waals surface area contributed by atoms with Crippen LogP contribution in [0.25, 0.3) is 0 Å². The van der Waals surface area contributed by atoms with E-state index < -0.39 is 22.5 Å². The van der Waals surface area contributed by atoms with E-state index in [1.54, 1.807) is 32.4 Å². The van der Waals surface area contributed by atoms with E-state index >= 15 is 0 Å². The van der Waals surface area contributed by atoms with Crippen LogP contribution in [0.5, 0.6) is 23.5 Å². The minimum atomic E-state index is -1.11. The molecule has 1 aliphatic heterocycles. The second kappa shape index (κ2) is 15.6. The number of anilines is 2. The molecule has 11 nitrogen and oxygen atoms in total. The molecule has 4 aromatic rings. The lowest BCUT2D eigenvalue weighted by atomic mass is 9.98. The van der Waals surface area contributed by atoms with Crippen LogP contribution in [0.3, 0.4) is 0 Å². The van der Waals surface area contributed by atoms with Gasteiger partial charge in [-0.2, -0.15) is 19.9 Å². The van der Waals surface area contributed by atoms with Crippen molar-refractivity contribution in [3.05, 3.63) is 95.3 Å². The molecule has 0 aliphatic carbocycles. The van der Waals surface area contributed by atoms with E-state index in [0.717, 1.165) is 35.5 Å². The highest BCUT2D eigenvalue weighted by atomic mass is 32.2. The average molecular weight is 661 g/mol. The van der Waals surface area contributed by atoms with Crippen LogP contribution in [-0.4, -0.2) is 79.2 Å². The normalized spacial score (nSPS) is 14.8. The number of hydrogen-bond donors (Lipinski definition) is 2. The maximum Gasteiger partial charge on any atom is 0.318 e. The van der Waals surface area contributed by atoms with E-state index in [4.69, 9.17) is 28.9 Å². The van der Waals surface area contributed by atoms with E-state index in [1.807, 2.05) is 54.6 Å². The molecule has 0 fully saturated rings. The summed E-state index contributed by atoms with van der Waals surface area (Å²) in [6.45, 7) is 0.0670. The molecule has 1 aliphatic rings. The van der Waals surface area contributed by atoms with Crippen LogP contribution in [0.2, 0.25) is 0 Å². The first-order chi connectivity index (χ1) is 22.9. The summed E-state index contributed by atoms with van der Waals surface area (Å²) in [5, 5.41) is 5.97. The van der Waals surface area contributed by atoms with Gasteiger partial charge in [-0.3, -0.25) is 4.79 Å². The summed E-state index contributed by atoms with van der Waals surface area (Å²) in [5.41, 5.74) is 3.24. The first-order valence-electron chi connectivity index (χ1n) is 15.0. The van der Waals surface area contributed by atoms with Gasteiger partial charge in [-0.25, -0.2) is 4.39 Å². The van der Waals surface area contributed by atoms with Gasteiger partial charge < -0.3 is 29.6 Å². The summed E-state index contributed by atoms with van der Waals surface area (Å²) < 4.78 is 33.9. The number of nitrogens with zero attached hydrogens (tertiary/aromatic N) is 4. The van der Waals surface area contributed by atoms with Crippen molar-refractivity contribution in [1.82, 2.24) is 19.9 Å². The molecular weight excluding hydrogens is 623 g/mol. The lowest BCUT2D eigenvalue weighted by molar-refractivity contribution is -0.118. The summed E-state index contributed by atoms with van der Waals surface area (Å²) in [5.74, 6) is 2.08. The highest BCUT2D eigenvalue weighted by Gasteiger charge is 2.45. The number of carbonyl (C=O) groups excluding carboxylic acids is 1. The third kappa shape index (κ3) is 8.09. The second-order valence-corrected chi connectivity index (χ2v) is 11.9. The first-order valence-corrected chi connectivity index (χ1v) is 15.8. The van der Waals surface area contributed by atoms with Crippen molar-refractivity contribution < 1.29 is 28.1 Å². The van der Waals surface area contributed by atoms with E-state index in [2.05, 4.69) is 20.6 Å². The Balaban J connectivity index is 1.44. The SMILES string of the molecule is COc1ccc(CCNc2cc(C3(c4cc(NCCc5ccc(OC)cc5)nc(OC)n4)C=CC(C(=O)CF)S3)nc(OC)n2)cc1. The fraction of sp³-hybridized carbons (Fsp3) is 0.324. The molecule has 47 heavy (non-hydrogen) atoms. The number of rotatable bonds is 16. The Morgan fingerprint density at radius 3 is 1.62 bits per heavy atom. The number of ketones is 1. The second-order valence-electron chi connectivity index (χ2n) is 10.5. The Hall–Kier alpha value is -4.91. The molecule has 13 heteroatoms. The van der Waals surface area contributed by atoms with Crippen LogP contribution in [-0.2, 0) is 22.4 Å². The number of thioether (sulfide) groups is 1. The van der Waals surface area contributed by atoms with Gasteiger partial charge in [0.2, 0.25) is 0 Å². The topological polar surface area (TPSA) is 130 Å². The van der Waals surface area contributed by atoms with Crippen LogP contribution in [0, 0.1) is 0 Å².